The van der Waals surface area contributed by atoms with Crippen molar-refractivity contribution in [3.05, 3.63) is 0 Å². The standard InChI is InChI=1S/C2H3F3OS/c3-1-2(4,5)7-6/h6H,1H2. The molecule has 0 saturated carbocycles. The molecule has 0 aromatic rings. The van der Waals surface area contributed by atoms with Crippen molar-refractivity contribution in [3.8, 4) is 0 Å². The molecule has 0 aliphatic carbocycles. The van der Waals surface area contributed by atoms with E-state index < -0.39 is 24.0 Å². The quantitative estimate of drug-likeness (QED) is 0.577. The van der Waals surface area contributed by atoms with Gasteiger partial charge in [-0.25, -0.2) is 4.39 Å². The summed E-state index contributed by atoms with van der Waals surface area (Å²) >= 11 is -0.781. The molecule has 0 unspecified atom stereocenters. The molecule has 5 heteroatoms. The van der Waals surface area contributed by atoms with Gasteiger partial charge >= 0.3 is 5.25 Å². The summed E-state index contributed by atoms with van der Waals surface area (Å²) < 4.78 is 40.8. The zero-order valence-corrected chi connectivity index (χ0v) is 4.01. The van der Waals surface area contributed by atoms with E-state index >= 15 is 0 Å². The van der Waals surface area contributed by atoms with Gasteiger partial charge in [0.05, 0.1) is 12.0 Å². The van der Waals surface area contributed by atoms with E-state index in [2.05, 4.69) is 0 Å². The lowest BCUT2D eigenvalue weighted by molar-refractivity contribution is 0.0685. The number of hydrogen-bond acceptors (Lipinski definition) is 2. The highest BCUT2D eigenvalue weighted by Crippen LogP contribution is 2.25. The summed E-state index contributed by atoms with van der Waals surface area (Å²) in [5, 5.41) is -3.61. The minimum atomic E-state index is -3.61. The molecule has 0 amide bonds. The molecule has 0 aliphatic rings. The van der Waals surface area contributed by atoms with Crippen LogP contribution in [0.4, 0.5) is 13.2 Å². The fraction of sp³-hybridized carbons (Fsp3) is 1.00. The van der Waals surface area contributed by atoms with E-state index in [0.29, 0.717) is 0 Å². The van der Waals surface area contributed by atoms with Gasteiger partial charge in [0.15, 0.2) is 6.67 Å². The van der Waals surface area contributed by atoms with Gasteiger partial charge in [-0.3, -0.25) is 0 Å². The highest BCUT2D eigenvalue weighted by molar-refractivity contribution is 7.94. The second kappa shape index (κ2) is 2.42. The monoisotopic (exact) mass is 132 g/mol. The third-order valence-corrected chi connectivity index (χ3v) is 0.665. The van der Waals surface area contributed by atoms with E-state index in [0.717, 1.165) is 0 Å². The van der Waals surface area contributed by atoms with Gasteiger partial charge in [0.2, 0.25) is 0 Å². The van der Waals surface area contributed by atoms with Crippen molar-refractivity contribution in [1.29, 1.82) is 0 Å². The van der Waals surface area contributed by atoms with Crippen molar-refractivity contribution in [3.63, 3.8) is 0 Å². The van der Waals surface area contributed by atoms with Crippen LogP contribution in [0.2, 0.25) is 0 Å². The lowest BCUT2D eigenvalue weighted by Gasteiger charge is -2.02. The van der Waals surface area contributed by atoms with Crippen LogP contribution in [-0.2, 0) is 0 Å². The Balaban J connectivity index is 3.36. The number of rotatable bonds is 2. The summed E-state index contributed by atoms with van der Waals surface area (Å²) in [6.45, 7) is -1.83. The molecule has 7 heavy (non-hydrogen) atoms. The maximum Gasteiger partial charge on any atom is 0.345 e. The predicted molar refractivity (Wildman–Crippen MR) is 21.1 cm³/mol. The molecule has 1 N–H and O–H groups in total. The molecule has 0 bridgehead atoms. The smallest absolute Gasteiger partial charge is 0.325 e. The predicted octanol–water partition coefficient (Wildman–Crippen LogP) is 1.75. The fourth-order valence-corrected chi connectivity index (χ4v) is 0.0732. The Morgan fingerprint density at radius 3 is 2.00 bits per heavy atom. The maximum atomic E-state index is 11.2. The Hall–Kier alpha value is 0.100. The minimum Gasteiger partial charge on any atom is -0.325 e. The van der Waals surface area contributed by atoms with Crippen molar-refractivity contribution in [2.45, 2.75) is 5.25 Å². The molecular weight excluding hydrogens is 129 g/mol. The van der Waals surface area contributed by atoms with Crippen molar-refractivity contribution in [1.82, 2.24) is 0 Å². The van der Waals surface area contributed by atoms with E-state index in [9.17, 15) is 13.2 Å². The van der Waals surface area contributed by atoms with Gasteiger partial charge < -0.3 is 4.55 Å². The van der Waals surface area contributed by atoms with Gasteiger partial charge in [-0.05, 0) is 0 Å². The maximum absolute atomic E-state index is 11.2. The van der Waals surface area contributed by atoms with Crippen LogP contribution in [0, 0.1) is 0 Å². The van der Waals surface area contributed by atoms with Gasteiger partial charge in [-0.1, -0.05) is 0 Å². The van der Waals surface area contributed by atoms with Crippen LogP contribution in [-0.4, -0.2) is 16.5 Å². The average molecular weight is 132 g/mol. The van der Waals surface area contributed by atoms with Gasteiger partial charge in [-0.2, -0.15) is 8.78 Å². The Labute approximate surface area is 42.7 Å². The van der Waals surface area contributed by atoms with Crippen LogP contribution in [0.1, 0.15) is 0 Å². The zero-order valence-electron chi connectivity index (χ0n) is 3.20. The first-order chi connectivity index (χ1) is 3.12. The van der Waals surface area contributed by atoms with Gasteiger partial charge in [-0.15, -0.1) is 0 Å². The van der Waals surface area contributed by atoms with E-state index in [1.165, 1.54) is 0 Å². The molecule has 0 radical (unpaired) electrons. The topological polar surface area (TPSA) is 20.2 Å². The molecule has 0 fully saturated rings. The third kappa shape index (κ3) is 2.76. The second-order valence-electron chi connectivity index (χ2n) is 0.862. The van der Waals surface area contributed by atoms with Gasteiger partial charge in [0.25, 0.3) is 0 Å². The van der Waals surface area contributed by atoms with Gasteiger partial charge in [0, 0.05) is 0 Å². The van der Waals surface area contributed by atoms with Crippen LogP contribution in [0.25, 0.3) is 0 Å². The molecule has 0 saturated heterocycles. The number of halogens is 3. The summed E-state index contributed by atoms with van der Waals surface area (Å²) in [6, 6.07) is 0. The molecule has 0 rings (SSSR count). The number of hydrogen-bond donors (Lipinski definition) is 1. The van der Waals surface area contributed by atoms with Gasteiger partial charge in [0.1, 0.15) is 0 Å². The summed E-state index contributed by atoms with van der Waals surface area (Å²) in [4.78, 5) is 0. The molecule has 0 aliphatic heterocycles. The molecule has 44 valence electrons. The van der Waals surface area contributed by atoms with Crippen molar-refractivity contribution in [2.24, 2.45) is 0 Å². The second-order valence-corrected chi connectivity index (χ2v) is 1.64. The first kappa shape index (κ1) is 7.10. The Kier molecular flexibility index (Phi) is 2.45. The van der Waals surface area contributed by atoms with Crippen LogP contribution >= 0.6 is 12.0 Å². The van der Waals surface area contributed by atoms with Crippen molar-refractivity contribution in [2.75, 3.05) is 6.67 Å². The third-order valence-electron chi connectivity index (χ3n) is 0.289. The van der Waals surface area contributed by atoms with Crippen molar-refractivity contribution < 1.29 is 17.7 Å². The van der Waals surface area contributed by atoms with Crippen LogP contribution in [0.3, 0.4) is 0 Å². The Morgan fingerprint density at radius 1 is 1.57 bits per heavy atom. The summed E-state index contributed by atoms with van der Waals surface area (Å²) in [5.41, 5.74) is 0. The summed E-state index contributed by atoms with van der Waals surface area (Å²) in [6.07, 6.45) is 0. The largest absolute Gasteiger partial charge is 0.345 e. The lowest BCUT2D eigenvalue weighted by atomic mass is 10.8. The molecule has 0 atom stereocenters. The van der Waals surface area contributed by atoms with E-state index in [1.54, 1.807) is 0 Å². The Morgan fingerprint density at radius 2 is 2.00 bits per heavy atom. The first-order valence-electron chi connectivity index (χ1n) is 1.39. The highest BCUT2D eigenvalue weighted by Gasteiger charge is 2.28. The van der Waals surface area contributed by atoms with E-state index in [-0.39, 0.29) is 0 Å². The van der Waals surface area contributed by atoms with Crippen molar-refractivity contribution >= 4 is 12.0 Å². The first-order valence-corrected chi connectivity index (χ1v) is 2.16. The van der Waals surface area contributed by atoms with Crippen LogP contribution in [0.5, 0.6) is 0 Å². The molecule has 0 heterocycles. The van der Waals surface area contributed by atoms with Crippen LogP contribution < -0.4 is 0 Å². The summed E-state index contributed by atoms with van der Waals surface area (Å²) in [7, 11) is 0. The van der Waals surface area contributed by atoms with E-state index in [4.69, 9.17) is 4.55 Å². The Bertz CT molecular complexity index is 50.9. The molecular formula is C2H3F3OS. The molecule has 0 spiro atoms. The minimum absolute atomic E-state index is 0.781. The van der Waals surface area contributed by atoms with Crippen LogP contribution in [0.15, 0.2) is 0 Å². The molecule has 0 aromatic carbocycles. The normalized spacial score (nSPS) is 12.0. The highest BCUT2D eigenvalue weighted by atomic mass is 32.2. The summed E-state index contributed by atoms with van der Waals surface area (Å²) in [5.74, 6) is 0. The zero-order chi connectivity index (χ0) is 5.91. The molecule has 1 nitrogen and oxygen atoms in total. The lowest BCUT2D eigenvalue weighted by Crippen LogP contribution is -2.11. The SMILES string of the molecule is OSC(F)(F)CF. The average Bonchev–Trinajstić information content (AvgIpc) is 1.68. The molecule has 0 aromatic heterocycles. The fourth-order valence-electron chi connectivity index (χ4n) is 0.0244. The van der Waals surface area contributed by atoms with E-state index in [1.807, 2.05) is 0 Å². The number of alkyl halides is 3.